The van der Waals surface area contributed by atoms with Gasteiger partial charge in [-0.15, -0.1) is 0 Å². The summed E-state index contributed by atoms with van der Waals surface area (Å²) in [6.07, 6.45) is 0.0198. The van der Waals surface area contributed by atoms with E-state index >= 15 is 0 Å². The van der Waals surface area contributed by atoms with Gasteiger partial charge in [0.05, 0.1) is 22.6 Å². The Bertz CT molecular complexity index is 1130. The van der Waals surface area contributed by atoms with E-state index in [0.29, 0.717) is 22.6 Å². The zero-order valence-electron chi connectivity index (χ0n) is 15.9. The van der Waals surface area contributed by atoms with Crippen LogP contribution in [0.4, 0.5) is 17.1 Å². The molecular formula is C22H20N4O3. The monoisotopic (exact) mass is 388 g/mol. The maximum absolute atomic E-state index is 12.7. The Hall–Kier alpha value is -3.74. The van der Waals surface area contributed by atoms with Crippen LogP contribution in [0.5, 0.6) is 0 Å². The molecule has 1 aliphatic rings. The first kappa shape index (κ1) is 18.6. The largest absolute Gasteiger partial charge is 0.324 e. The third-order valence-corrected chi connectivity index (χ3v) is 4.77. The van der Waals surface area contributed by atoms with Gasteiger partial charge in [0.25, 0.3) is 0 Å². The van der Waals surface area contributed by atoms with Crippen molar-refractivity contribution < 1.29 is 14.4 Å². The number of benzene rings is 2. The van der Waals surface area contributed by atoms with E-state index < -0.39 is 0 Å². The maximum atomic E-state index is 12.7. The fourth-order valence-corrected chi connectivity index (χ4v) is 3.37. The zero-order valence-corrected chi connectivity index (χ0v) is 15.9. The lowest BCUT2D eigenvalue weighted by molar-refractivity contribution is -0.124. The molecule has 1 aliphatic heterocycles. The summed E-state index contributed by atoms with van der Waals surface area (Å²) in [5.41, 5.74) is 3.43. The summed E-state index contributed by atoms with van der Waals surface area (Å²) >= 11 is 0. The number of pyridine rings is 1. The number of carbonyl (C=O) groups excluding carboxylic acids is 3. The molecule has 1 aromatic heterocycles. The lowest BCUT2D eigenvalue weighted by Crippen LogP contribution is -2.42. The normalized spacial score (nSPS) is 13.0. The van der Waals surface area contributed by atoms with E-state index in [0.717, 1.165) is 11.1 Å². The molecule has 4 rings (SSSR count). The molecule has 0 aliphatic carbocycles. The molecule has 2 aromatic carbocycles. The van der Waals surface area contributed by atoms with Gasteiger partial charge in [-0.25, -0.2) is 0 Å². The molecule has 0 bridgehead atoms. The van der Waals surface area contributed by atoms with Crippen LogP contribution in [0.3, 0.4) is 0 Å². The summed E-state index contributed by atoms with van der Waals surface area (Å²) in [6, 6.07) is 16.6. The standard InChI is InChI=1S/C22H20N4O3/c1-14-9-10-15-5-4-7-17(22(15)23-14)25-19(27)11-12-21(29)26-13-20(28)24-16-6-2-3-8-18(16)26/h2-10H,11-13H2,1H3,(H,24,28)(H,25,27). The third-order valence-electron chi connectivity index (χ3n) is 4.77. The van der Waals surface area contributed by atoms with Crippen LogP contribution in [0.15, 0.2) is 54.6 Å². The molecule has 146 valence electrons. The summed E-state index contributed by atoms with van der Waals surface area (Å²) in [5.74, 6) is -0.794. The highest BCUT2D eigenvalue weighted by molar-refractivity contribution is 6.10. The minimum absolute atomic E-state index is 0.00463. The number of rotatable bonds is 4. The van der Waals surface area contributed by atoms with Crippen LogP contribution in [0, 0.1) is 6.92 Å². The van der Waals surface area contributed by atoms with Gasteiger partial charge < -0.3 is 15.5 Å². The van der Waals surface area contributed by atoms with Gasteiger partial charge in [0.1, 0.15) is 6.54 Å². The molecule has 7 nitrogen and oxygen atoms in total. The second kappa shape index (κ2) is 7.71. The highest BCUT2D eigenvalue weighted by Gasteiger charge is 2.26. The van der Waals surface area contributed by atoms with Crippen LogP contribution < -0.4 is 15.5 Å². The second-order valence-electron chi connectivity index (χ2n) is 6.92. The molecular weight excluding hydrogens is 368 g/mol. The number of hydrogen-bond donors (Lipinski definition) is 2. The predicted molar refractivity (Wildman–Crippen MR) is 112 cm³/mol. The number of anilines is 3. The number of nitrogens with zero attached hydrogens (tertiary/aromatic N) is 2. The van der Waals surface area contributed by atoms with Crippen LogP contribution in [0.25, 0.3) is 10.9 Å². The number of amides is 3. The number of aromatic nitrogens is 1. The molecule has 0 saturated carbocycles. The number of para-hydroxylation sites is 3. The fraction of sp³-hybridized carbons (Fsp3) is 0.182. The zero-order chi connectivity index (χ0) is 20.4. The number of aryl methyl sites for hydroxylation is 1. The minimum Gasteiger partial charge on any atom is -0.324 e. The molecule has 0 fully saturated rings. The number of hydrogen-bond acceptors (Lipinski definition) is 4. The Kier molecular flexibility index (Phi) is 4.95. The summed E-state index contributed by atoms with van der Waals surface area (Å²) in [6.45, 7) is 1.84. The first-order valence-electron chi connectivity index (χ1n) is 9.37. The van der Waals surface area contributed by atoms with Crippen LogP contribution in [0.2, 0.25) is 0 Å². The molecule has 0 unspecified atom stereocenters. The maximum Gasteiger partial charge on any atom is 0.244 e. The van der Waals surface area contributed by atoms with Gasteiger partial charge >= 0.3 is 0 Å². The van der Waals surface area contributed by atoms with E-state index in [1.54, 1.807) is 30.3 Å². The SMILES string of the molecule is Cc1ccc2cccc(NC(=O)CCC(=O)N3CC(=O)Nc4ccccc43)c2n1. The Morgan fingerprint density at radius 2 is 1.90 bits per heavy atom. The Labute approximate surface area is 167 Å². The number of fused-ring (bicyclic) bond motifs is 2. The molecule has 7 heteroatoms. The van der Waals surface area contributed by atoms with E-state index in [-0.39, 0.29) is 37.1 Å². The van der Waals surface area contributed by atoms with Crippen molar-refractivity contribution in [2.45, 2.75) is 19.8 Å². The van der Waals surface area contributed by atoms with Gasteiger partial charge in [0.2, 0.25) is 17.7 Å². The first-order valence-corrected chi connectivity index (χ1v) is 9.37. The van der Waals surface area contributed by atoms with E-state index in [1.165, 1.54) is 4.90 Å². The van der Waals surface area contributed by atoms with Gasteiger partial charge in [-0.3, -0.25) is 19.4 Å². The van der Waals surface area contributed by atoms with Crippen molar-refractivity contribution in [1.82, 2.24) is 4.98 Å². The molecule has 0 radical (unpaired) electrons. The van der Waals surface area contributed by atoms with E-state index in [4.69, 9.17) is 0 Å². The first-order chi connectivity index (χ1) is 14.0. The van der Waals surface area contributed by atoms with Crippen LogP contribution in [0.1, 0.15) is 18.5 Å². The quantitative estimate of drug-likeness (QED) is 0.718. The Morgan fingerprint density at radius 1 is 1.07 bits per heavy atom. The average molecular weight is 388 g/mol. The molecule has 29 heavy (non-hydrogen) atoms. The van der Waals surface area contributed by atoms with E-state index in [1.807, 2.05) is 31.2 Å². The summed E-state index contributed by atoms with van der Waals surface area (Å²) in [4.78, 5) is 42.9. The average Bonchev–Trinajstić information content (AvgIpc) is 2.71. The Balaban J connectivity index is 1.44. The second-order valence-corrected chi connectivity index (χ2v) is 6.92. The van der Waals surface area contributed by atoms with Crippen LogP contribution >= 0.6 is 0 Å². The van der Waals surface area contributed by atoms with Gasteiger partial charge in [-0.2, -0.15) is 0 Å². The van der Waals surface area contributed by atoms with E-state index in [2.05, 4.69) is 15.6 Å². The Morgan fingerprint density at radius 3 is 2.76 bits per heavy atom. The van der Waals surface area contributed by atoms with Gasteiger partial charge in [0, 0.05) is 23.9 Å². The van der Waals surface area contributed by atoms with Crippen LogP contribution in [-0.4, -0.2) is 29.3 Å². The van der Waals surface area contributed by atoms with Crippen molar-refractivity contribution in [2.75, 3.05) is 22.1 Å². The minimum atomic E-state index is -0.274. The van der Waals surface area contributed by atoms with Crippen LogP contribution in [-0.2, 0) is 14.4 Å². The van der Waals surface area contributed by atoms with Crippen molar-refractivity contribution in [3.63, 3.8) is 0 Å². The highest BCUT2D eigenvalue weighted by atomic mass is 16.2. The van der Waals surface area contributed by atoms with Crippen molar-refractivity contribution in [2.24, 2.45) is 0 Å². The third kappa shape index (κ3) is 3.94. The highest BCUT2D eigenvalue weighted by Crippen LogP contribution is 2.29. The van der Waals surface area contributed by atoms with Gasteiger partial charge in [0.15, 0.2) is 0 Å². The number of carbonyl (C=O) groups is 3. The van der Waals surface area contributed by atoms with Crippen molar-refractivity contribution in [3.05, 3.63) is 60.3 Å². The lowest BCUT2D eigenvalue weighted by Gasteiger charge is -2.29. The van der Waals surface area contributed by atoms with Gasteiger partial charge in [-0.1, -0.05) is 30.3 Å². The van der Waals surface area contributed by atoms with Crippen molar-refractivity contribution in [1.29, 1.82) is 0 Å². The summed E-state index contributed by atoms with van der Waals surface area (Å²) in [7, 11) is 0. The molecule has 2 heterocycles. The number of nitrogens with one attached hydrogen (secondary N) is 2. The van der Waals surface area contributed by atoms with Crippen molar-refractivity contribution >= 4 is 45.7 Å². The molecule has 2 N–H and O–H groups in total. The topological polar surface area (TPSA) is 91.4 Å². The van der Waals surface area contributed by atoms with Gasteiger partial charge in [-0.05, 0) is 31.2 Å². The molecule has 3 aromatic rings. The molecule has 0 spiro atoms. The smallest absolute Gasteiger partial charge is 0.244 e. The predicted octanol–water partition coefficient (Wildman–Crippen LogP) is 3.25. The summed E-state index contributed by atoms with van der Waals surface area (Å²) in [5, 5.41) is 6.52. The lowest BCUT2D eigenvalue weighted by atomic mass is 10.1. The fourth-order valence-electron chi connectivity index (χ4n) is 3.37. The van der Waals surface area contributed by atoms with E-state index in [9.17, 15) is 14.4 Å². The molecule has 0 atom stereocenters. The summed E-state index contributed by atoms with van der Waals surface area (Å²) < 4.78 is 0. The van der Waals surface area contributed by atoms with Crippen molar-refractivity contribution in [3.8, 4) is 0 Å². The molecule has 3 amide bonds. The molecule has 0 saturated heterocycles.